The number of methoxy groups -OCH3 is 1. The minimum Gasteiger partial charge on any atom is -0.394 e. The second-order valence-electron chi connectivity index (χ2n) is 3.89. The first kappa shape index (κ1) is 12.0. The summed E-state index contributed by atoms with van der Waals surface area (Å²) < 4.78 is 7.08. The highest BCUT2D eigenvalue weighted by molar-refractivity contribution is 5.76. The van der Waals surface area contributed by atoms with Crippen LogP contribution in [-0.2, 0) is 11.3 Å². The number of rotatable bonds is 5. The molecule has 92 valence electrons. The van der Waals surface area contributed by atoms with Crippen LogP contribution in [0.1, 0.15) is 11.9 Å². The van der Waals surface area contributed by atoms with Crippen molar-refractivity contribution in [3.05, 3.63) is 30.1 Å². The molecule has 1 heterocycles. The maximum atomic E-state index is 9.15. The molecule has 0 spiro atoms. The summed E-state index contributed by atoms with van der Waals surface area (Å²) in [6.45, 7) is 1.15. The van der Waals surface area contributed by atoms with E-state index >= 15 is 0 Å². The van der Waals surface area contributed by atoms with Crippen molar-refractivity contribution in [3.8, 4) is 0 Å². The second-order valence-corrected chi connectivity index (χ2v) is 3.89. The van der Waals surface area contributed by atoms with Crippen molar-refractivity contribution in [2.75, 3.05) is 20.3 Å². The van der Waals surface area contributed by atoms with Gasteiger partial charge in [-0.3, -0.25) is 0 Å². The van der Waals surface area contributed by atoms with Gasteiger partial charge in [0.05, 0.1) is 30.3 Å². The van der Waals surface area contributed by atoms with Gasteiger partial charge in [0.2, 0.25) is 0 Å². The van der Waals surface area contributed by atoms with Crippen LogP contribution in [0.4, 0.5) is 0 Å². The van der Waals surface area contributed by atoms with Crippen LogP contribution >= 0.6 is 0 Å². The lowest BCUT2D eigenvalue weighted by Crippen LogP contribution is -2.21. The smallest absolute Gasteiger partial charge is 0.129 e. The molecule has 17 heavy (non-hydrogen) atoms. The number of nitrogens with two attached hydrogens (primary N) is 1. The first-order valence-corrected chi connectivity index (χ1v) is 5.58. The molecule has 0 fully saturated rings. The molecule has 0 amide bonds. The van der Waals surface area contributed by atoms with E-state index in [0.29, 0.717) is 19.0 Å². The van der Waals surface area contributed by atoms with Crippen molar-refractivity contribution in [3.63, 3.8) is 0 Å². The van der Waals surface area contributed by atoms with Crippen LogP contribution in [0, 0.1) is 0 Å². The Morgan fingerprint density at radius 1 is 1.47 bits per heavy atom. The quantitative estimate of drug-likeness (QED) is 0.799. The van der Waals surface area contributed by atoms with Crippen molar-refractivity contribution in [2.24, 2.45) is 5.73 Å². The van der Waals surface area contributed by atoms with Gasteiger partial charge < -0.3 is 20.1 Å². The van der Waals surface area contributed by atoms with E-state index in [-0.39, 0.29) is 6.61 Å². The molecule has 0 saturated carbocycles. The fourth-order valence-electron chi connectivity index (χ4n) is 1.88. The van der Waals surface area contributed by atoms with Crippen molar-refractivity contribution < 1.29 is 9.84 Å². The van der Waals surface area contributed by atoms with Gasteiger partial charge >= 0.3 is 0 Å². The van der Waals surface area contributed by atoms with Gasteiger partial charge in [-0.25, -0.2) is 4.98 Å². The summed E-state index contributed by atoms with van der Waals surface area (Å²) in [5, 5.41) is 9.15. The summed E-state index contributed by atoms with van der Waals surface area (Å²) in [4.78, 5) is 4.46. The predicted octanol–water partition coefficient (Wildman–Crippen LogP) is 0.675. The topological polar surface area (TPSA) is 73.3 Å². The average Bonchev–Trinajstić information content (AvgIpc) is 2.74. The number of fused-ring (bicyclic) bond motifs is 1. The van der Waals surface area contributed by atoms with Crippen LogP contribution in [0.2, 0.25) is 0 Å². The van der Waals surface area contributed by atoms with Crippen LogP contribution in [0.5, 0.6) is 0 Å². The van der Waals surface area contributed by atoms with Gasteiger partial charge in [-0.15, -0.1) is 0 Å². The van der Waals surface area contributed by atoms with E-state index in [1.807, 2.05) is 28.8 Å². The lowest BCUT2D eigenvalue weighted by atomic mass is 10.3. The molecule has 1 atom stereocenters. The molecule has 2 aromatic rings. The van der Waals surface area contributed by atoms with E-state index in [1.165, 1.54) is 0 Å². The molecule has 5 nitrogen and oxygen atoms in total. The molecule has 1 unspecified atom stereocenters. The lowest BCUT2D eigenvalue weighted by Gasteiger charge is -2.12. The molecule has 0 bridgehead atoms. The summed E-state index contributed by atoms with van der Waals surface area (Å²) >= 11 is 0. The van der Waals surface area contributed by atoms with Crippen LogP contribution < -0.4 is 5.73 Å². The highest BCUT2D eigenvalue weighted by Crippen LogP contribution is 2.19. The highest BCUT2D eigenvalue weighted by Gasteiger charge is 2.15. The zero-order chi connectivity index (χ0) is 12.3. The molecule has 0 aliphatic rings. The molecular weight excluding hydrogens is 218 g/mol. The number of hydrogen-bond acceptors (Lipinski definition) is 4. The molecule has 0 aliphatic heterocycles. The third-order valence-electron chi connectivity index (χ3n) is 2.73. The average molecular weight is 235 g/mol. The van der Waals surface area contributed by atoms with Crippen molar-refractivity contribution >= 4 is 11.0 Å². The minimum absolute atomic E-state index is 0.115. The number of para-hydroxylation sites is 2. The Balaban J connectivity index is 2.48. The number of imidazole rings is 1. The van der Waals surface area contributed by atoms with Gasteiger partial charge in [-0.2, -0.15) is 0 Å². The van der Waals surface area contributed by atoms with E-state index in [1.54, 1.807) is 7.11 Å². The van der Waals surface area contributed by atoms with Gasteiger partial charge in [0.1, 0.15) is 5.82 Å². The minimum atomic E-state index is -0.459. The number of nitrogens with zero attached hydrogens (tertiary/aromatic N) is 2. The molecule has 5 heteroatoms. The number of aromatic nitrogens is 2. The monoisotopic (exact) mass is 235 g/mol. The number of aliphatic hydroxyl groups excluding tert-OH is 1. The normalized spacial score (nSPS) is 13.1. The predicted molar refractivity (Wildman–Crippen MR) is 65.6 cm³/mol. The fourth-order valence-corrected chi connectivity index (χ4v) is 1.88. The number of aliphatic hydroxyl groups is 1. The standard InChI is InChI=1S/C12H17N3O2/c1-17-7-6-15-11-5-3-2-4-10(11)14-12(15)9(13)8-16/h2-5,9,16H,6-8,13H2,1H3. The van der Waals surface area contributed by atoms with Crippen molar-refractivity contribution in [1.82, 2.24) is 9.55 Å². The Kier molecular flexibility index (Phi) is 3.73. The van der Waals surface area contributed by atoms with Crippen molar-refractivity contribution in [1.29, 1.82) is 0 Å². The van der Waals surface area contributed by atoms with Gasteiger partial charge in [-0.05, 0) is 12.1 Å². The Bertz CT molecular complexity index is 495. The number of benzene rings is 1. The summed E-state index contributed by atoms with van der Waals surface area (Å²) in [5.41, 5.74) is 7.76. The first-order valence-electron chi connectivity index (χ1n) is 5.58. The second kappa shape index (κ2) is 5.27. The number of ether oxygens (including phenoxy) is 1. The van der Waals surface area contributed by atoms with Gasteiger partial charge in [0, 0.05) is 13.7 Å². The third kappa shape index (κ3) is 2.31. The van der Waals surface area contributed by atoms with Gasteiger partial charge in [0.25, 0.3) is 0 Å². The zero-order valence-corrected chi connectivity index (χ0v) is 9.84. The third-order valence-corrected chi connectivity index (χ3v) is 2.73. The van der Waals surface area contributed by atoms with Crippen LogP contribution in [-0.4, -0.2) is 35.0 Å². The molecule has 0 aliphatic carbocycles. The Morgan fingerprint density at radius 2 is 2.24 bits per heavy atom. The Labute approximate surface area is 99.8 Å². The summed E-state index contributed by atoms with van der Waals surface area (Å²) in [6, 6.07) is 7.36. The van der Waals surface area contributed by atoms with Crippen molar-refractivity contribution in [2.45, 2.75) is 12.6 Å². The SMILES string of the molecule is COCCn1c(C(N)CO)nc2ccccc21. The van der Waals surface area contributed by atoms with Crippen LogP contribution in [0.25, 0.3) is 11.0 Å². The Morgan fingerprint density at radius 3 is 2.94 bits per heavy atom. The van der Waals surface area contributed by atoms with Crippen LogP contribution in [0.15, 0.2) is 24.3 Å². The van der Waals surface area contributed by atoms with E-state index in [4.69, 9.17) is 15.6 Å². The first-order chi connectivity index (χ1) is 8.27. The van der Waals surface area contributed by atoms with E-state index in [0.717, 1.165) is 11.0 Å². The Hall–Kier alpha value is -1.43. The van der Waals surface area contributed by atoms with E-state index < -0.39 is 6.04 Å². The maximum absolute atomic E-state index is 9.15. The molecule has 3 N–H and O–H groups in total. The fraction of sp³-hybridized carbons (Fsp3) is 0.417. The van der Waals surface area contributed by atoms with Crippen LogP contribution in [0.3, 0.4) is 0 Å². The highest BCUT2D eigenvalue weighted by atomic mass is 16.5. The summed E-state index contributed by atoms with van der Waals surface area (Å²) in [6.07, 6.45) is 0. The van der Waals surface area contributed by atoms with Gasteiger partial charge in [-0.1, -0.05) is 12.1 Å². The molecule has 2 rings (SSSR count). The molecule has 1 aromatic carbocycles. The lowest BCUT2D eigenvalue weighted by molar-refractivity contribution is 0.185. The maximum Gasteiger partial charge on any atom is 0.129 e. The molecule has 0 radical (unpaired) electrons. The largest absolute Gasteiger partial charge is 0.394 e. The summed E-state index contributed by atoms with van der Waals surface area (Å²) in [5.74, 6) is 0.700. The zero-order valence-electron chi connectivity index (χ0n) is 9.84. The summed E-state index contributed by atoms with van der Waals surface area (Å²) in [7, 11) is 1.66. The molecule has 1 aromatic heterocycles. The number of hydrogen-bond donors (Lipinski definition) is 2. The molecular formula is C12H17N3O2. The van der Waals surface area contributed by atoms with E-state index in [2.05, 4.69) is 4.98 Å². The molecule has 0 saturated heterocycles. The van der Waals surface area contributed by atoms with E-state index in [9.17, 15) is 0 Å². The van der Waals surface area contributed by atoms with Gasteiger partial charge in [0.15, 0.2) is 0 Å².